The van der Waals surface area contributed by atoms with E-state index in [4.69, 9.17) is 15.2 Å². The van der Waals surface area contributed by atoms with Gasteiger partial charge in [-0.15, -0.1) is 0 Å². The molecule has 1 unspecified atom stereocenters. The molecule has 0 amide bonds. The minimum atomic E-state index is -0.130. The molecule has 0 saturated heterocycles. The molecule has 2 N–H and O–H groups in total. The van der Waals surface area contributed by atoms with E-state index < -0.39 is 0 Å². The van der Waals surface area contributed by atoms with Gasteiger partial charge in [0, 0.05) is 11.6 Å². The van der Waals surface area contributed by atoms with E-state index in [2.05, 4.69) is 38.1 Å². The zero-order valence-electron chi connectivity index (χ0n) is 13.8. The van der Waals surface area contributed by atoms with Crippen LogP contribution >= 0.6 is 0 Å². The first kappa shape index (κ1) is 16.4. The third-order valence-electron chi connectivity index (χ3n) is 3.94. The number of nitrogens with two attached hydrogens (primary N) is 1. The molecule has 0 bridgehead atoms. The van der Waals surface area contributed by atoms with Crippen molar-refractivity contribution in [3.05, 3.63) is 59.2 Å². The van der Waals surface area contributed by atoms with E-state index in [1.165, 1.54) is 11.1 Å². The zero-order chi connectivity index (χ0) is 16.1. The minimum absolute atomic E-state index is 0.130. The third kappa shape index (κ3) is 3.80. The Morgan fingerprint density at radius 3 is 2.18 bits per heavy atom. The van der Waals surface area contributed by atoms with Crippen molar-refractivity contribution in [1.82, 2.24) is 0 Å². The summed E-state index contributed by atoms with van der Waals surface area (Å²) in [5, 5.41) is 0. The molecule has 22 heavy (non-hydrogen) atoms. The normalized spacial score (nSPS) is 12.3. The maximum atomic E-state index is 6.39. The molecular weight excluding hydrogens is 274 g/mol. The Kier molecular flexibility index (Phi) is 5.45. The Morgan fingerprint density at radius 1 is 0.955 bits per heavy atom. The summed E-state index contributed by atoms with van der Waals surface area (Å²) in [5.74, 6) is 2.13. The molecule has 118 valence electrons. The van der Waals surface area contributed by atoms with Crippen molar-refractivity contribution in [2.75, 3.05) is 14.2 Å². The first-order chi connectivity index (χ1) is 10.5. The van der Waals surface area contributed by atoms with E-state index in [9.17, 15) is 0 Å². The molecule has 3 heteroatoms. The lowest BCUT2D eigenvalue weighted by Gasteiger charge is -2.17. The Balaban J connectivity index is 2.19. The van der Waals surface area contributed by atoms with Crippen LogP contribution in [0.15, 0.2) is 42.5 Å². The van der Waals surface area contributed by atoms with Gasteiger partial charge in [0.1, 0.15) is 11.5 Å². The lowest BCUT2D eigenvalue weighted by atomic mass is 9.96. The Hall–Kier alpha value is -2.00. The fourth-order valence-electron chi connectivity index (χ4n) is 2.53. The van der Waals surface area contributed by atoms with Crippen LogP contribution in [0.5, 0.6) is 11.5 Å². The summed E-state index contributed by atoms with van der Waals surface area (Å²) in [6.45, 7) is 4.39. The topological polar surface area (TPSA) is 44.5 Å². The Labute approximate surface area is 133 Å². The third-order valence-corrected chi connectivity index (χ3v) is 3.94. The summed E-state index contributed by atoms with van der Waals surface area (Å²) in [5.41, 5.74) is 9.92. The molecule has 0 aromatic heterocycles. The van der Waals surface area contributed by atoms with Crippen LogP contribution in [0.25, 0.3) is 0 Å². The highest BCUT2D eigenvalue weighted by molar-refractivity contribution is 5.43. The second-order valence-electron chi connectivity index (χ2n) is 5.81. The second kappa shape index (κ2) is 7.32. The molecule has 1 atom stereocenters. The SMILES string of the molecule is COc1ccc(OC)c(C(N)Cc2ccc(C(C)C)cc2)c1. The van der Waals surface area contributed by atoms with Gasteiger partial charge < -0.3 is 15.2 Å². The van der Waals surface area contributed by atoms with Crippen LogP contribution < -0.4 is 15.2 Å². The summed E-state index contributed by atoms with van der Waals surface area (Å²) in [6, 6.07) is 14.3. The quantitative estimate of drug-likeness (QED) is 0.874. The van der Waals surface area contributed by atoms with Gasteiger partial charge in [-0.2, -0.15) is 0 Å². The lowest BCUT2D eigenvalue weighted by Crippen LogP contribution is -2.14. The first-order valence-corrected chi connectivity index (χ1v) is 7.61. The number of benzene rings is 2. The fraction of sp³-hybridized carbons (Fsp3) is 0.368. The number of methoxy groups -OCH3 is 2. The maximum absolute atomic E-state index is 6.39. The van der Waals surface area contributed by atoms with Crippen molar-refractivity contribution in [3.63, 3.8) is 0 Å². The average Bonchev–Trinajstić information content (AvgIpc) is 2.54. The molecule has 0 aliphatic heterocycles. The van der Waals surface area contributed by atoms with Gasteiger partial charge in [-0.1, -0.05) is 38.1 Å². The minimum Gasteiger partial charge on any atom is -0.497 e. The van der Waals surface area contributed by atoms with E-state index in [1.54, 1.807) is 14.2 Å². The number of rotatable bonds is 6. The molecule has 0 aliphatic rings. The van der Waals surface area contributed by atoms with Crippen LogP contribution in [0.1, 0.15) is 42.5 Å². The van der Waals surface area contributed by atoms with Gasteiger partial charge in [0.05, 0.1) is 14.2 Å². The van der Waals surface area contributed by atoms with Crippen LogP contribution in [-0.2, 0) is 6.42 Å². The molecule has 0 aliphatic carbocycles. The molecule has 0 radical (unpaired) electrons. The van der Waals surface area contributed by atoms with Crippen LogP contribution in [0, 0.1) is 0 Å². The van der Waals surface area contributed by atoms with Gasteiger partial charge in [0.2, 0.25) is 0 Å². The number of ether oxygens (including phenoxy) is 2. The molecular formula is C19H25NO2. The van der Waals surface area contributed by atoms with Crippen molar-refractivity contribution < 1.29 is 9.47 Å². The van der Waals surface area contributed by atoms with E-state index in [1.807, 2.05) is 18.2 Å². The van der Waals surface area contributed by atoms with E-state index in [0.717, 1.165) is 23.5 Å². The molecule has 2 aromatic rings. The number of hydrogen-bond donors (Lipinski definition) is 1. The van der Waals surface area contributed by atoms with Crippen LogP contribution in [0.4, 0.5) is 0 Å². The summed E-state index contributed by atoms with van der Waals surface area (Å²) in [7, 11) is 3.32. The molecule has 0 fully saturated rings. The highest BCUT2D eigenvalue weighted by Crippen LogP contribution is 2.30. The highest BCUT2D eigenvalue weighted by atomic mass is 16.5. The van der Waals surface area contributed by atoms with E-state index in [0.29, 0.717) is 5.92 Å². The Bertz CT molecular complexity index is 605. The molecule has 2 rings (SSSR count). The summed E-state index contributed by atoms with van der Waals surface area (Å²) in [6.07, 6.45) is 0.766. The van der Waals surface area contributed by atoms with E-state index >= 15 is 0 Å². The van der Waals surface area contributed by atoms with Crippen molar-refractivity contribution in [3.8, 4) is 11.5 Å². The van der Waals surface area contributed by atoms with Crippen molar-refractivity contribution in [1.29, 1.82) is 0 Å². The predicted molar refractivity (Wildman–Crippen MR) is 90.7 cm³/mol. The monoisotopic (exact) mass is 299 g/mol. The van der Waals surface area contributed by atoms with Crippen LogP contribution in [0.3, 0.4) is 0 Å². The number of hydrogen-bond acceptors (Lipinski definition) is 3. The summed E-state index contributed by atoms with van der Waals surface area (Å²) < 4.78 is 10.7. The van der Waals surface area contributed by atoms with E-state index in [-0.39, 0.29) is 6.04 Å². The van der Waals surface area contributed by atoms with Gasteiger partial charge in [0.15, 0.2) is 0 Å². The van der Waals surface area contributed by atoms with Gasteiger partial charge >= 0.3 is 0 Å². The van der Waals surface area contributed by atoms with Crippen molar-refractivity contribution >= 4 is 0 Å². The molecule has 3 nitrogen and oxygen atoms in total. The largest absolute Gasteiger partial charge is 0.497 e. The zero-order valence-corrected chi connectivity index (χ0v) is 13.8. The summed E-state index contributed by atoms with van der Waals surface area (Å²) >= 11 is 0. The first-order valence-electron chi connectivity index (χ1n) is 7.61. The van der Waals surface area contributed by atoms with Gasteiger partial charge in [-0.3, -0.25) is 0 Å². The van der Waals surface area contributed by atoms with Gasteiger partial charge in [-0.05, 0) is 41.7 Å². The molecule has 0 heterocycles. The smallest absolute Gasteiger partial charge is 0.123 e. The van der Waals surface area contributed by atoms with Crippen molar-refractivity contribution in [2.24, 2.45) is 5.73 Å². The second-order valence-corrected chi connectivity index (χ2v) is 5.81. The summed E-state index contributed by atoms with van der Waals surface area (Å²) in [4.78, 5) is 0. The van der Waals surface area contributed by atoms with Crippen LogP contribution in [0.2, 0.25) is 0 Å². The van der Waals surface area contributed by atoms with Crippen molar-refractivity contribution in [2.45, 2.75) is 32.2 Å². The fourth-order valence-corrected chi connectivity index (χ4v) is 2.53. The predicted octanol–water partition coefficient (Wildman–Crippen LogP) is 4.07. The molecule has 0 saturated carbocycles. The Morgan fingerprint density at radius 2 is 1.64 bits per heavy atom. The maximum Gasteiger partial charge on any atom is 0.123 e. The lowest BCUT2D eigenvalue weighted by molar-refractivity contribution is 0.395. The van der Waals surface area contributed by atoms with Gasteiger partial charge in [0.25, 0.3) is 0 Å². The van der Waals surface area contributed by atoms with Gasteiger partial charge in [-0.25, -0.2) is 0 Å². The standard InChI is InChI=1S/C19H25NO2/c1-13(2)15-7-5-14(6-8-15)11-18(20)17-12-16(21-3)9-10-19(17)22-4/h5-10,12-13,18H,11,20H2,1-4H3. The highest BCUT2D eigenvalue weighted by Gasteiger charge is 2.14. The molecule has 2 aromatic carbocycles. The average molecular weight is 299 g/mol. The van der Waals surface area contributed by atoms with Crippen LogP contribution in [-0.4, -0.2) is 14.2 Å². The molecule has 0 spiro atoms.